The number of alkyl halides is 3. The summed E-state index contributed by atoms with van der Waals surface area (Å²) in [6.45, 7) is -2.25. The van der Waals surface area contributed by atoms with Crippen LogP contribution in [0.15, 0.2) is 109 Å². The summed E-state index contributed by atoms with van der Waals surface area (Å²) in [7, 11) is 0. The second kappa shape index (κ2) is 10.5. The zero-order valence-corrected chi connectivity index (χ0v) is 21.1. The van der Waals surface area contributed by atoms with E-state index in [1.54, 1.807) is 91.0 Å². The van der Waals surface area contributed by atoms with E-state index in [-0.39, 0.29) is 6.61 Å². The fourth-order valence-electron chi connectivity index (χ4n) is 4.39. The van der Waals surface area contributed by atoms with E-state index in [9.17, 15) is 9.90 Å². The Morgan fingerprint density at radius 3 is 1.58 bits per heavy atom. The van der Waals surface area contributed by atoms with Crippen LogP contribution >= 0.6 is 18.2 Å². The molecule has 0 aliphatic rings. The van der Waals surface area contributed by atoms with Crippen LogP contribution in [0.3, 0.4) is 0 Å². The van der Waals surface area contributed by atoms with Crippen molar-refractivity contribution in [1.29, 1.82) is 0 Å². The molecule has 1 heterocycles. The van der Waals surface area contributed by atoms with Gasteiger partial charge in [0.25, 0.3) is 0 Å². The highest BCUT2D eigenvalue weighted by Crippen LogP contribution is 2.54. The quantitative estimate of drug-likeness (QED) is 0.264. The largest absolute Gasteiger partial charge is 0.462 e. The fourth-order valence-corrected chi connectivity index (χ4v) is 9.91. The van der Waals surface area contributed by atoms with E-state index in [0.717, 1.165) is 11.3 Å². The van der Waals surface area contributed by atoms with Gasteiger partial charge in [-0.3, -0.25) is 0 Å². The van der Waals surface area contributed by atoms with Gasteiger partial charge in [0.05, 0.1) is 16.8 Å². The van der Waals surface area contributed by atoms with Crippen LogP contribution in [0.1, 0.15) is 11.8 Å². The van der Waals surface area contributed by atoms with Crippen molar-refractivity contribution < 1.29 is 27.8 Å². The Kier molecular flexibility index (Phi) is 7.55. The lowest BCUT2D eigenvalue weighted by atomic mass is 9.96. The number of ether oxygens (including phenoxy) is 1. The third-order valence-electron chi connectivity index (χ3n) is 5.87. The molecule has 4 aromatic rings. The minimum atomic E-state index is -5.22. The van der Waals surface area contributed by atoms with Crippen molar-refractivity contribution in [1.82, 2.24) is 0 Å². The standard InChI is InChI=1S/C28H24F3O3PS/c1-2-34-26(32)25(27(33,28(29,30)31)24-19-12-20-36-24)35(21-13-6-3-7-14-21,22-15-8-4-9-16-22)23-17-10-5-11-18-23/h3-20,33H,2H2,1H3. The molecule has 0 aliphatic carbocycles. The summed E-state index contributed by atoms with van der Waals surface area (Å²) in [4.78, 5) is 13.4. The van der Waals surface area contributed by atoms with Gasteiger partial charge in [0.15, 0.2) is 0 Å². The molecule has 0 saturated heterocycles. The second-order valence-electron chi connectivity index (χ2n) is 7.93. The Labute approximate surface area is 211 Å². The summed E-state index contributed by atoms with van der Waals surface area (Å²) >= 11 is 0.741. The normalized spacial score (nSPS) is 13.6. The van der Waals surface area contributed by atoms with Gasteiger partial charge in [-0.2, -0.15) is 13.2 Å². The molecule has 36 heavy (non-hydrogen) atoms. The Morgan fingerprint density at radius 2 is 1.25 bits per heavy atom. The molecular formula is C28H24F3O3PS. The molecule has 0 aliphatic heterocycles. The first-order valence-electron chi connectivity index (χ1n) is 11.2. The number of esters is 1. The van der Waals surface area contributed by atoms with E-state index < -0.39 is 34.8 Å². The zero-order chi connectivity index (χ0) is 25.8. The lowest BCUT2D eigenvalue weighted by molar-refractivity contribution is -0.234. The summed E-state index contributed by atoms with van der Waals surface area (Å²) in [6, 6.07) is 28.4. The average molecular weight is 529 g/mol. The smallest absolute Gasteiger partial charge is 0.426 e. The van der Waals surface area contributed by atoms with Crippen molar-refractivity contribution in [2.24, 2.45) is 0 Å². The van der Waals surface area contributed by atoms with Gasteiger partial charge >= 0.3 is 12.1 Å². The van der Waals surface area contributed by atoms with Gasteiger partial charge in [-0.05, 0) is 41.2 Å². The van der Waals surface area contributed by atoms with Crippen LogP contribution in [0.25, 0.3) is 0 Å². The van der Waals surface area contributed by atoms with Crippen LogP contribution in [0.2, 0.25) is 0 Å². The molecule has 8 heteroatoms. The Hall–Kier alpha value is -3.12. The number of carbonyl (C=O) groups excluding carboxylic acids is 1. The van der Waals surface area contributed by atoms with Crippen molar-refractivity contribution in [3.63, 3.8) is 0 Å². The van der Waals surface area contributed by atoms with Gasteiger partial charge in [-0.15, -0.1) is 11.3 Å². The Morgan fingerprint density at radius 1 is 0.806 bits per heavy atom. The van der Waals surface area contributed by atoms with E-state index in [2.05, 4.69) is 0 Å². The summed E-state index contributed by atoms with van der Waals surface area (Å²) < 4.78 is 50.7. The van der Waals surface area contributed by atoms with E-state index in [1.807, 2.05) is 0 Å². The van der Waals surface area contributed by atoms with Crippen molar-refractivity contribution in [2.45, 2.75) is 18.7 Å². The predicted octanol–water partition coefficient (Wildman–Crippen LogP) is 5.23. The number of thiophene rings is 1. The summed E-state index contributed by atoms with van der Waals surface area (Å²) in [5.74, 6) is -1.18. The van der Waals surface area contributed by atoms with Crippen LogP contribution in [0, 0.1) is 0 Å². The third kappa shape index (κ3) is 4.32. The molecule has 0 saturated carbocycles. The molecule has 0 spiro atoms. The second-order valence-corrected chi connectivity index (χ2v) is 12.2. The minimum absolute atomic E-state index is 0.154. The molecule has 0 radical (unpaired) electrons. The zero-order valence-electron chi connectivity index (χ0n) is 19.4. The molecular weight excluding hydrogens is 504 g/mol. The number of halogens is 3. The van der Waals surface area contributed by atoms with Crippen molar-refractivity contribution in [3.05, 3.63) is 113 Å². The monoisotopic (exact) mass is 528 g/mol. The Bertz CT molecular complexity index is 1250. The Balaban J connectivity index is 2.39. The van der Waals surface area contributed by atoms with Gasteiger partial charge in [-0.1, -0.05) is 97.1 Å². The summed E-state index contributed by atoms with van der Waals surface area (Å²) in [6.07, 6.45) is -5.22. The predicted molar refractivity (Wildman–Crippen MR) is 141 cm³/mol. The lowest BCUT2D eigenvalue weighted by Gasteiger charge is -2.39. The topological polar surface area (TPSA) is 46.5 Å². The molecule has 3 aromatic carbocycles. The average Bonchev–Trinajstić information content (AvgIpc) is 3.43. The molecule has 3 nitrogen and oxygen atoms in total. The third-order valence-corrected chi connectivity index (χ3v) is 11.2. The van der Waals surface area contributed by atoms with Gasteiger partial charge < -0.3 is 9.84 Å². The van der Waals surface area contributed by atoms with Gasteiger partial charge in [0, 0.05) is 0 Å². The van der Waals surface area contributed by atoms with Gasteiger partial charge in [0.1, 0.15) is 0 Å². The van der Waals surface area contributed by atoms with Crippen molar-refractivity contribution in [3.8, 4) is 0 Å². The number of aliphatic hydroxyl groups is 1. The lowest BCUT2D eigenvalue weighted by Crippen LogP contribution is -2.55. The van der Waals surface area contributed by atoms with Crippen LogP contribution < -0.4 is 15.9 Å². The molecule has 186 valence electrons. The molecule has 1 aromatic heterocycles. The molecule has 4 rings (SSSR count). The minimum Gasteiger partial charge on any atom is -0.462 e. The van der Waals surface area contributed by atoms with Crippen molar-refractivity contribution >= 4 is 45.4 Å². The van der Waals surface area contributed by atoms with E-state index in [4.69, 9.17) is 4.74 Å². The molecule has 1 atom stereocenters. The van der Waals surface area contributed by atoms with E-state index in [0.29, 0.717) is 15.9 Å². The first kappa shape index (κ1) is 26.0. The first-order chi connectivity index (χ1) is 17.3. The maximum absolute atomic E-state index is 15.1. The molecule has 1 unspecified atom stereocenters. The van der Waals surface area contributed by atoms with E-state index in [1.165, 1.54) is 24.4 Å². The molecule has 1 N–H and O–H groups in total. The number of hydrogen-bond donors (Lipinski definition) is 1. The van der Waals surface area contributed by atoms with Crippen molar-refractivity contribution in [2.75, 3.05) is 6.61 Å². The summed E-state index contributed by atoms with van der Waals surface area (Å²) in [5, 5.41) is 14.1. The molecule has 0 bridgehead atoms. The summed E-state index contributed by atoms with van der Waals surface area (Å²) in [5.41, 5.74) is -3.59. The SMILES string of the molecule is CCOC(=O)C(C(O)(c1cccs1)C(F)(F)F)=P(c1ccccc1)(c1ccccc1)c1ccccc1. The number of carbonyl (C=O) groups is 1. The van der Waals surface area contributed by atoms with Crippen LogP contribution in [-0.2, 0) is 15.1 Å². The molecule has 0 fully saturated rings. The van der Waals surface area contributed by atoms with E-state index >= 15 is 13.2 Å². The first-order valence-corrected chi connectivity index (χ1v) is 13.9. The number of benzene rings is 3. The number of rotatable bonds is 7. The fraction of sp³-hybridized carbons (Fsp3) is 0.143. The number of hydrogen-bond acceptors (Lipinski definition) is 4. The highest BCUT2D eigenvalue weighted by Gasteiger charge is 2.63. The van der Waals surface area contributed by atoms with Crippen LogP contribution in [0.5, 0.6) is 0 Å². The highest BCUT2D eigenvalue weighted by atomic mass is 32.1. The van der Waals surface area contributed by atoms with Crippen LogP contribution in [-0.4, -0.2) is 29.2 Å². The maximum Gasteiger partial charge on any atom is 0.426 e. The van der Waals surface area contributed by atoms with Gasteiger partial charge in [-0.25, -0.2) is 4.79 Å². The highest BCUT2D eigenvalue weighted by molar-refractivity contribution is 7.96. The molecule has 0 amide bonds. The van der Waals surface area contributed by atoms with Gasteiger partial charge in [0.2, 0.25) is 5.60 Å². The van der Waals surface area contributed by atoms with Crippen LogP contribution in [0.4, 0.5) is 13.2 Å². The maximum atomic E-state index is 15.1.